The quantitative estimate of drug-likeness (QED) is 0.497. The molecule has 0 aromatic carbocycles. The second-order valence-corrected chi connectivity index (χ2v) is 11.1. The van der Waals surface area contributed by atoms with E-state index < -0.39 is 36.7 Å². The molecule has 0 radical (unpaired) electrons. The molecular weight excluding hydrogens is 428 g/mol. The van der Waals surface area contributed by atoms with Crippen LogP contribution in [0.3, 0.4) is 0 Å². The van der Waals surface area contributed by atoms with Crippen LogP contribution in [0.25, 0.3) is 0 Å². The van der Waals surface area contributed by atoms with Crippen LogP contribution in [-0.2, 0) is 19.1 Å². The highest BCUT2D eigenvalue weighted by Gasteiger charge is 2.60. The second kappa shape index (κ2) is 7.99. The Bertz CT molecular complexity index is 897. The van der Waals surface area contributed by atoms with Gasteiger partial charge >= 0.3 is 5.97 Å². The van der Waals surface area contributed by atoms with Gasteiger partial charge in [0.15, 0.2) is 18.2 Å². The van der Waals surface area contributed by atoms with Crippen molar-refractivity contribution in [3.05, 3.63) is 23.8 Å². The minimum atomic E-state index is -1.72. The van der Waals surface area contributed by atoms with Crippen molar-refractivity contribution in [2.75, 3.05) is 0 Å². The first-order valence-corrected chi connectivity index (χ1v) is 12.1. The number of carboxylic acid groups (broad SMARTS) is 1. The highest BCUT2D eigenvalue weighted by molar-refractivity contribution is 6.01. The number of carbonyl (C=O) groups is 2. The molecule has 5 rings (SSSR count). The molecule has 0 amide bonds. The van der Waals surface area contributed by atoms with Crippen LogP contribution in [0, 0.1) is 28.6 Å². The Kier molecular flexibility index (Phi) is 5.61. The zero-order chi connectivity index (χ0) is 23.7. The average molecular weight is 463 g/mol. The molecule has 11 atom stereocenters. The lowest BCUT2D eigenvalue weighted by atomic mass is 9.48. The first-order chi connectivity index (χ1) is 15.6. The van der Waals surface area contributed by atoms with Crippen LogP contribution < -0.4 is 0 Å². The van der Waals surface area contributed by atoms with Gasteiger partial charge in [0.25, 0.3) is 0 Å². The van der Waals surface area contributed by atoms with Crippen LogP contribution in [0.5, 0.6) is 0 Å². The first-order valence-electron chi connectivity index (χ1n) is 12.1. The van der Waals surface area contributed by atoms with E-state index in [1.165, 1.54) is 5.57 Å². The Morgan fingerprint density at radius 3 is 2.55 bits per heavy atom. The fourth-order valence-corrected chi connectivity index (χ4v) is 7.70. The maximum absolute atomic E-state index is 11.9. The zero-order valence-electron chi connectivity index (χ0n) is 19.1. The number of hydrogen-bond donors (Lipinski definition) is 4. The summed E-state index contributed by atoms with van der Waals surface area (Å²) in [5.41, 5.74) is 1.00. The zero-order valence-corrected chi connectivity index (χ0v) is 19.1. The van der Waals surface area contributed by atoms with Gasteiger partial charge in [0, 0.05) is 5.41 Å². The lowest BCUT2D eigenvalue weighted by Gasteiger charge is -2.57. The maximum atomic E-state index is 11.9. The number of carboxylic acids is 1. The summed E-state index contributed by atoms with van der Waals surface area (Å²) in [5, 5.41) is 39.9. The van der Waals surface area contributed by atoms with Crippen molar-refractivity contribution < 1.29 is 39.5 Å². The van der Waals surface area contributed by atoms with Crippen LogP contribution in [0.15, 0.2) is 23.8 Å². The Morgan fingerprint density at radius 1 is 1.06 bits per heavy atom. The van der Waals surface area contributed by atoms with Gasteiger partial charge in [0.1, 0.15) is 18.3 Å². The highest BCUT2D eigenvalue weighted by atomic mass is 16.7. The molecule has 4 aliphatic carbocycles. The van der Waals surface area contributed by atoms with E-state index in [1.54, 1.807) is 6.08 Å². The fraction of sp³-hybridized carbons (Fsp3) is 0.760. The van der Waals surface area contributed by atoms with Crippen LogP contribution in [-0.4, -0.2) is 69.0 Å². The number of allylic oxidation sites excluding steroid dienone is 4. The molecule has 4 fully saturated rings. The first kappa shape index (κ1) is 23.2. The molecule has 0 aromatic heterocycles. The number of aliphatic hydroxyl groups excluding tert-OH is 3. The second-order valence-electron chi connectivity index (χ2n) is 11.1. The SMILES string of the molecule is CC12C=CC(=O)C=C1CCC1C2CCC2(C)C(OC3OC(C(=O)O)C(O)C(O)C3O)CCC12. The van der Waals surface area contributed by atoms with Crippen molar-refractivity contribution in [1.29, 1.82) is 0 Å². The van der Waals surface area contributed by atoms with E-state index in [0.29, 0.717) is 17.8 Å². The van der Waals surface area contributed by atoms with Crippen LogP contribution >= 0.6 is 0 Å². The minimum absolute atomic E-state index is 0.0777. The summed E-state index contributed by atoms with van der Waals surface area (Å²) in [6, 6.07) is 0. The predicted molar refractivity (Wildman–Crippen MR) is 116 cm³/mol. The van der Waals surface area contributed by atoms with E-state index in [-0.39, 0.29) is 22.7 Å². The van der Waals surface area contributed by atoms with E-state index in [4.69, 9.17) is 9.47 Å². The summed E-state index contributed by atoms with van der Waals surface area (Å²) in [7, 11) is 0. The molecule has 1 aliphatic heterocycles. The van der Waals surface area contributed by atoms with Crippen molar-refractivity contribution in [3.8, 4) is 0 Å². The van der Waals surface area contributed by atoms with E-state index in [2.05, 4.69) is 19.9 Å². The molecule has 1 saturated heterocycles. The van der Waals surface area contributed by atoms with Crippen molar-refractivity contribution >= 4 is 11.8 Å². The number of ether oxygens (including phenoxy) is 2. The summed E-state index contributed by atoms with van der Waals surface area (Å²) in [4.78, 5) is 23.4. The number of hydrogen-bond acceptors (Lipinski definition) is 7. The largest absolute Gasteiger partial charge is 0.479 e. The van der Waals surface area contributed by atoms with Gasteiger partial charge in [0.05, 0.1) is 6.10 Å². The topological polar surface area (TPSA) is 134 Å². The Balaban J connectivity index is 1.34. The van der Waals surface area contributed by atoms with Crippen molar-refractivity contribution in [3.63, 3.8) is 0 Å². The molecule has 0 bridgehead atoms. The van der Waals surface area contributed by atoms with E-state index >= 15 is 0 Å². The van der Waals surface area contributed by atoms with Crippen molar-refractivity contribution in [2.45, 2.75) is 89.2 Å². The van der Waals surface area contributed by atoms with Crippen LogP contribution in [0.4, 0.5) is 0 Å². The smallest absolute Gasteiger partial charge is 0.335 e. The summed E-state index contributed by atoms with van der Waals surface area (Å²) in [6.07, 6.45) is 3.13. The van der Waals surface area contributed by atoms with Gasteiger partial charge < -0.3 is 29.9 Å². The number of aliphatic hydroxyl groups is 3. The van der Waals surface area contributed by atoms with Gasteiger partial charge in [-0.05, 0) is 73.8 Å². The van der Waals surface area contributed by atoms with Crippen molar-refractivity contribution in [1.82, 2.24) is 0 Å². The molecule has 0 spiro atoms. The third-order valence-corrected chi connectivity index (χ3v) is 9.58. The summed E-state index contributed by atoms with van der Waals surface area (Å²) >= 11 is 0. The monoisotopic (exact) mass is 462 g/mol. The lowest BCUT2D eigenvalue weighted by Crippen LogP contribution is -2.61. The minimum Gasteiger partial charge on any atom is -0.479 e. The molecule has 3 saturated carbocycles. The van der Waals surface area contributed by atoms with Gasteiger partial charge in [-0.25, -0.2) is 4.79 Å². The highest BCUT2D eigenvalue weighted by Crippen LogP contribution is 2.65. The van der Waals surface area contributed by atoms with Gasteiger partial charge in [0.2, 0.25) is 0 Å². The van der Waals surface area contributed by atoms with Gasteiger partial charge in [-0.15, -0.1) is 0 Å². The normalized spacial score (nSPS) is 51.4. The number of carbonyl (C=O) groups excluding carboxylic acids is 1. The molecule has 8 nitrogen and oxygen atoms in total. The summed E-state index contributed by atoms with van der Waals surface area (Å²) < 4.78 is 11.6. The van der Waals surface area contributed by atoms with E-state index in [9.17, 15) is 30.0 Å². The number of ketones is 1. The lowest BCUT2D eigenvalue weighted by molar-refractivity contribution is -0.312. The van der Waals surface area contributed by atoms with Crippen LogP contribution in [0.1, 0.15) is 52.4 Å². The van der Waals surface area contributed by atoms with E-state index in [0.717, 1.165) is 38.5 Å². The Labute approximate surface area is 193 Å². The Hall–Kier alpha value is -1.58. The van der Waals surface area contributed by atoms with Gasteiger partial charge in [-0.1, -0.05) is 25.5 Å². The standard InChI is InChI=1S/C25H34O8/c1-24-9-7-13(26)11-12(24)3-4-14-15-5-6-17(25(15,2)10-8-16(14)24)32-23-20(29)18(27)19(28)21(33-23)22(30)31/h7,9,11,14-21,23,27-29H,3-6,8,10H2,1-2H3,(H,30,31). The third-order valence-electron chi connectivity index (χ3n) is 9.58. The van der Waals surface area contributed by atoms with Gasteiger partial charge in [-0.3, -0.25) is 4.79 Å². The molecule has 1 heterocycles. The molecule has 11 unspecified atom stereocenters. The van der Waals surface area contributed by atoms with E-state index in [1.807, 2.05) is 6.08 Å². The summed E-state index contributed by atoms with van der Waals surface area (Å²) in [6.45, 7) is 4.48. The molecule has 0 aromatic rings. The molecule has 33 heavy (non-hydrogen) atoms. The fourth-order valence-electron chi connectivity index (χ4n) is 7.70. The molecular formula is C25H34O8. The van der Waals surface area contributed by atoms with Gasteiger partial charge in [-0.2, -0.15) is 0 Å². The third kappa shape index (κ3) is 3.45. The van der Waals surface area contributed by atoms with Crippen LogP contribution in [0.2, 0.25) is 0 Å². The molecule has 182 valence electrons. The molecule has 4 N–H and O–H groups in total. The summed E-state index contributed by atoms with van der Waals surface area (Å²) in [5.74, 6) is 0.0415. The number of fused-ring (bicyclic) bond motifs is 5. The number of rotatable bonds is 3. The molecule has 5 aliphatic rings. The van der Waals surface area contributed by atoms with Crippen molar-refractivity contribution in [2.24, 2.45) is 28.6 Å². The average Bonchev–Trinajstić information content (AvgIpc) is 3.10. The predicted octanol–water partition coefficient (Wildman–Crippen LogP) is 1.57. The Morgan fingerprint density at radius 2 is 1.82 bits per heavy atom. The number of aliphatic carboxylic acids is 1. The maximum Gasteiger partial charge on any atom is 0.335 e. The molecule has 8 heteroatoms.